The number of benzene rings is 2. The number of nitrogens with two attached hydrogens (primary N) is 1. The molecule has 0 bridgehead atoms. The molecule has 0 amide bonds. The summed E-state index contributed by atoms with van der Waals surface area (Å²) in [7, 11) is 1.74. The average Bonchev–Trinajstić information content (AvgIpc) is 3.13. The molecule has 2 aromatic carbocycles. The molecule has 7 nitrogen and oxygen atoms in total. The van der Waals surface area contributed by atoms with Crippen molar-refractivity contribution in [1.82, 2.24) is 20.4 Å². The van der Waals surface area contributed by atoms with Crippen LogP contribution in [0.3, 0.4) is 0 Å². The molecule has 3 aromatic rings. The van der Waals surface area contributed by atoms with Gasteiger partial charge < -0.3 is 16.4 Å². The largest absolute Gasteiger partial charge is 0.382 e. The second-order valence-electron chi connectivity index (χ2n) is 8.01. The number of guanidine groups is 1. The summed E-state index contributed by atoms with van der Waals surface area (Å²) in [6.07, 6.45) is 1.31. The number of aryl methyl sites for hydroxylation is 2. The van der Waals surface area contributed by atoms with Gasteiger partial charge in [-0.15, -0.1) is 24.0 Å². The van der Waals surface area contributed by atoms with Gasteiger partial charge in [-0.05, 0) is 55.5 Å². The molecule has 0 aliphatic carbocycles. The Labute approximate surface area is 217 Å². The summed E-state index contributed by atoms with van der Waals surface area (Å²) in [4.78, 5) is 4.29. The summed E-state index contributed by atoms with van der Waals surface area (Å²) in [5.74, 6) is 0.993. The van der Waals surface area contributed by atoms with E-state index in [2.05, 4.69) is 64.9 Å². The first-order valence-corrected chi connectivity index (χ1v) is 11.0. The zero-order chi connectivity index (χ0) is 23.8. The maximum absolute atomic E-state index is 13.2. The van der Waals surface area contributed by atoms with E-state index in [0.29, 0.717) is 35.8 Å². The maximum atomic E-state index is 13.2. The Kier molecular flexibility index (Phi) is 10.3. The van der Waals surface area contributed by atoms with Crippen molar-refractivity contribution >= 4 is 35.8 Å². The summed E-state index contributed by atoms with van der Waals surface area (Å²) in [6, 6.07) is 16.5. The molecule has 1 heterocycles. The molecule has 1 unspecified atom stereocenters. The van der Waals surface area contributed by atoms with Crippen molar-refractivity contribution in [3.63, 3.8) is 0 Å². The van der Waals surface area contributed by atoms with Crippen LogP contribution in [0.5, 0.6) is 0 Å². The molecule has 1 atom stereocenters. The fourth-order valence-corrected chi connectivity index (χ4v) is 3.58. The number of nitriles is 1. The third-order valence-corrected chi connectivity index (χ3v) is 5.47. The van der Waals surface area contributed by atoms with Crippen LogP contribution in [0.1, 0.15) is 41.6 Å². The number of nitrogens with zero attached hydrogens (tertiary/aromatic N) is 4. The predicted octanol–water partition coefficient (Wildman–Crippen LogP) is 4.29. The number of aromatic nitrogens is 2. The quantitative estimate of drug-likeness (QED) is 0.161. The Morgan fingerprint density at radius 1 is 1.24 bits per heavy atom. The molecule has 3 rings (SSSR count). The molecule has 9 heteroatoms. The van der Waals surface area contributed by atoms with Crippen LogP contribution < -0.4 is 16.4 Å². The standard InChI is InChI=1S/C25H30FN7.HI/c1-17-6-4-7-19(14-17)18(2)16-31-25(29-3)30-13-5-8-23-22(15-27)24(28)33(32-23)21-11-9-20(26)10-12-21;/h4,6-7,9-12,14,18H,5,8,13,16,28H2,1-3H3,(H2,29,30,31);1H. The first-order valence-electron chi connectivity index (χ1n) is 11.0. The van der Waals surface area contributed by atoms with E-state index in [9.17, 15) is 9.65 Å². The van der Waals surface area contributed by atoms with E-state index in [-0.39, 0.29) is 35.6 Å². The van der Waals surface area contributed by atoms with Gasteiger partial charge in [0.15, 0.2) is 5.96 Å². The van der Waals surface area contributed by atoms with E-state index in [4.69, 9.17) is 5.73 Å². The highest BCUT2D eigenvalue weighted by Crippen LogP contribution is 2.21. The smallest absolute Gasteiger partial charge is 0.190 e. The molecule has 0 saturated heterocycles. The number of rotatable bonds is 8. The van der Waals surface area contributed by atoms with E-state index in [0.717, 1.165) is 18.9 Å². The van der Waals surface area contributed by atoms with Crippen LogP contribution in [0, 0.1) is 24.1 Å². The Bertz CT molecular complexity index is 1150. The lowest BCUT2D eigenvalue weighted by Crippen LogP contribution is -2.39. The molecule has 0 radical (unpaired) electrons. The number of halogens is 2. The minimum Gasteiger partial charge on any atom is -0.382 e. The number of anilines is 1. The summed E-state index contributed by atoms with van der Waals surface area (Å²) in [6.45, 7) is 5.70. The van der Waals surface area contributed by atoms with Gasteiger partial charge >= 0.3 is 0 Å². The van der Waals surface area contributed by atoms with Gasteiger partial charge in [0.1, 0.15) is 23.3 Å². The lowest BCUT2D eigenvalue weighted by Gasteiger charge is -2.16. The normalized spacial score (nSPS) is 11.9. The second-order valence-corrected chi connectivity index (χ2v) is 8.01. The van der Waals surface area contributed by atoms with Gasteiger partial charge in [-0.25, -0.2) is 9.07 Å². The third-order valence-electron chi connectivity index (χ3n) is 5.47. The van der Waals surface area contributed by atoms with Crippen molar-refractivity contribution in [3.05, 3.63) is 76.7 Å². The van der Waals surface area contributed by atoms with Crippen LogP contribution in [0.15, 0.2) is 53.5 Å². The Hall–Kier alpha value is -3.13. The van der Waals surface area contributed by atoms with Crippen molar-refractivity contribution in [1.29, 1.82) is 5.26 Å². The van der Waals surface area contributed by atoms with E-state index in [1.54, 1.807) is 19.2 Å². The lowest BCUT2D eigenvalue weighted by atomic mass is 9.99. The molecule has 180 valence electrons. The van der Waals surface area contributed by atoms with E-state index < -0.39 is 0 Å². The fraction of sp³-hybridized carbons (Fsp3) is 0.320. The topological polar surface area (TPSA) is 104 Å². The van der Waals surface area contributed by atoms with Crippen molar-refractivity contribution in [2.45, 2.75) is 32.6 Å². The van der Waals surface area contributed by atoms with Crippen LogP contribution in [0.25, 0.3) is 5.69 Å². The molecule has 0 aliphatic rings. The highest BCUT2D eigenvalue weighted by molar-refractivity contribution is 14.0. The third kappa shape index (κ3) is 6.93. The van der Waals surface area contributed by atoms with Gasteiger partial charge in [0.05, 0.1) is 11.4 Å². The van der Waals surface area contributed by atoms with Gasteiger partial charge in [0, 0.05) is 20.1 Å². The van der Waals surface area contributed by atoms with Gasteiger partial charge in [0.25, 0.3) is 0 Å². The number of hydrogen-bond donors (Lipinski definition) is 3. The minimum atomic E-state index is -0.341. The van der Waals surface area contributed by atoms with Crippen molar-refractivity contribution < 1.29 is 4.39 Å². The summed E-state index contributed by atoms with van der Waals surface area (Å²) < 4.78 is 14.7. The second kappa shape index (κ2) is 12.9. The maximum Gasteiger partial charge on any atom is 0.190 e. The SMILES string of the molecule is CN=C(NCCCc1nn(-c2ccc(F)cc2)c(N)c1C#N)NCC(C)c1cccc(C)c1.I. The van der Waals surface area contributed by atoms with Gasteiger partial charge in [0.2, 0.25) is 0 Å². The predicted molar refractivity (Wildman–Crippen MR) is 145 cm³/mol. The van der Waals surface area contributed by atoms with Crippen LogP contribution in [-0.2, 0) is 6.42 Å². The highest BCUT2D eigenvalue weighted by atomic mass is 127. The molecule has 0 saturated carbocycles. The highest BCUT2D eigenvalue weighted by Gasteiger charge is 2.16. The zero-order valence-electron chi connectivity index (χ0n) is 19.7. The molecular formula is C25H31FIN7. The van der Waals surface area contributed by atoms with Crippen molar-refractivity contribution in [3.8, 4) is 11.8 Å². The lowest BCUT2D eigenvalue weighted by molar-refractivity contribution is 0.627. The van der Waals surface area contributed by atoms with Crippen LogP contribution in [-0.4, -0.2) is 35.9 Å². The Morgan fingerprint density at radius 3 is 2.62 bits per heavy atom. The summed E-state index contributed by atoms with van der Waals surface area (Å²) in [5, 5.41) is 20.7. The monoisotopic (exact) mass is 575 g/mol. The van der Waals surface area contributed by atoms with Gasteiger partial charge in [-0.1, -0.05) is 36.8 Å². The van der Waals surface area contributed by atoms with Crippen LogP contribution in [0.2, 0.25) is 0 Å². The fourth-order valence-electron chi connectivity index (χ4n) is 3.58. The van der Waals surface area contributed by atoms with Gasteiger partial charge in [-0.3, -0.25) is 4.99 Å². The van der Waals surface area contributed by atoms with Crippen molar-refractivity contribution in [2.75, 3.05) is 25.9 Å². The molecule has 0 spiro atoms. The molecule has 4 N–H and O–H groups in total. The van der Waals surface area contributed by atoms with E-state index in [1.807, 2.05) is 0 Å². The molecule has 1 aromatic heterocycles. The molecule has 34 heavy (non-hydrogen) atoms. The molecule has 0 aliphatic heterocycles. The summed E-state index contributed by atoms with van der Waals surface area (Å²) in [5.41, 5.74) is 10.3. The Balaban J connectivity index is 0.00000408. The molecule has 0 fully saturated rings. The first kappa shape index (κ1) is 27.1. The zero-order valence-corrected chi connectivity index (χ0v) is 22.0. The Morgan fingerprint density at radius 2 is 1.97 bits per heavy atom. The van der Waals surface area contributed by atoms with E-state index in [1.165, 1.54) is 27.9 Å². The van der Waals surface area contributed by atoms with Crippen LogP contribution in [0.4, 0.5) is 10.2 Å². The van der Waals surface area contributed by atoms with Crippen LogP contribution >= 0.6 is 24.0 Å². The number of nitrogen functional groups attached to an aromatic ring is 1. The number of nitrogens with one attached hydrogen (secondary N) is 2. The average molecular weight is 575 g/mol. The minimum absolute atomic E-state index is 0. The van der Waals surface area contributed by atoms with E-state index >= 15 is 0 Å². The van der Waals surface area contributed by atoms with Crippen molar-refractivity contribution in [2.24, 2.45) is 4.99 Å². The first-order chi connectivity index (χ1) is 15.9. The van der Waals surface area contributed by atoms with Gasteiger partial charge in [-0.2, -0.15) is 10.4 Å². The number of aliphatic imine (C=N–C) groups is 1. The molecular weight excluding hydrogens is 544 g/mol. The number of hydrogen-bond acceptors (Lipinski definition) is 4. The summed E-state index contributed by atoms with van der Waals surface area (Å²) >= 11 is 0.